The average molecular weight is 320 g/mol. The van der Waals surface area contributed by atoms with Gasteiger partial charge in [-0.25, -0.2) is 4.18 Å². The maximum absolute atomic E-state index is 11.2. The Morgan fingerprint density at radius 2 is 1.43 bits per heavy atom. The Hall–Kier alpha value is -0.720. The largest absolute Gasteiger partial charge is 0.397 e. The Labute approximate surface area is 128 Å². The van der Waals surface area contributed by atoms with Gasteiger partial charge in [0.15, 0.2) is 5.78 Å². The lowest BCUT2D eigenvalue weighted by molar-refractivity contribution is -0.114. The van der Waals surface area contributed by atoms with Gasteiger partial charge in [0.25, 0.3) is 0 Å². The van der Waals surface area contributed by atoms with Crippen molar-refractivity contribution in [2.24, 2.45) is 0 Å². The summed E-state index contributed by atoms with van der Waals surface area (Å²) in [5.74, 6) is 0.213. The molecule has 0 rings (SSSR count). The second-order valence-corrected chi connectivity index (χ2v) is 6.24. The topological polar surface area (TPSA) is 80.7 Å². The molecule has 5 nitrogen and oxygen atoms in total. The summed E-state index contributed by atoms with van der Waals surface area (Å²) >= 11 is 0. The number of carbonyl (C=O) groups excluding carboxylic acids is 1. The van der Waals surface area contributed by atoms with E-state index in [1.165, 1.54) is 12.8 Å². The van der Waals surface area contributed by atoms with E-state index in [0.717, 1.165) is 38.5 Å². The number of hydrogen-bond acceptors (Lipinski definition) is 4. The van der Waals surface area contributed by atoms with Gasteiger partial charge < -0.3 is 0 Å². The summed E-state index contributed by atoms with van der Waals surface area (Å²) in [6.07, 6.45) is 13.4. The predicted octanol–water partition coefficient (Wildman–Crippen LogP) is 3.85. The van der Waals surface area contributed by atoms with Crippen LogP contribution in [0.15, 0.2) is 12.2 Å². The molecule has 0 radical (unpaired) electrons. The van der Waals surface area contributed by atoms with Gasteiger partial charge in [-0.15, -0.1) is 0 Å². The van der Waals surface area contributed by atoms with E-state index in [-0.39, 0.29) is 12.4 Å². The molecule has 0 spiro atoms. The third-order valence-corrected chi connectivity index (χ3v) is 3.62. The fourth-order valence-electron chi connectivity index (χ4n) is 2.07. The first-order valence-corrected chi connectivity index (χ1v) is 9.09. The zero-order valence-corrected chi connectivity index (χ0v) is 13.7. The summed E-state index contributed by atoms with van der Waals surface area (Å²) in [6.45, 7) is 1.91. The third-order valence-electron chi connectivity index (χ3n) is 3.15. The summed E-state index contributed by atoms with van der Waals surface area (Å²) in [7, 11) is -4.27. The number of hydrogen-bond donors (Lipinski definition) is 1. The third kappa shape index (κ3) is 17.2. The molecule has 0 aromatic rings. The fourth-order valence-corrected chi connectivity index (χ4v) is 2.40. The van der Waals surface area contributed by atoms with Crippen molar-refractivity contribution in [3.8, 4) is 0 Å². The Bertz CT molecular complexity index is 387. The summed E-state index contributed by atoms with van der Waals surface area (Å²) in [5.41, 5.74) is 0. The van der Waals surface area contributed by atoms with Crippen molar-refractivity contribution >= 4 is 16.2 Å². The van der Waals surface area contributed by atoms with E-state index in [9.17, 15) is 13.2 Å². The van der Waals surface area contributed by atoms with E-state index in [2.05, 4.69) is 4.18 Å². The minimum atomic E-state index is -4.27. The van der Waals surface area contributed by atoms with Gasteiger partial charge in [-0.3, -0.25) is 9.35 Å². The highest BCUT2D eigenvalue weighted by atomic mass is 32.3. The van der Waals surface area contributed by atoms with Crippen LogP contribution in [0, 0.1) is 0 Å². The van der Waals surface area contributed by atoms with E-state index in [1.807, 2.05) is 6.92 Å². The van der Waals surface area contributed by atoms with Gasteiger partial charge in [0, 0.05) is 6.42 Å². The van der Waals surface area contributed by atoms with Gasteiger partial charge in [-0.2, -0.15) is 8.42 Å². The minimum absolute atomic E-state index is 0.0546. The zero-order chi connectivity index (χ0) is 16.0. The summed E-state index contributed by atoms with van der Waals surface area (Å²) in [5, 5.41) is 0. The Kier molecular flexibility index (Phi) is 12.5. The van der Waals surface area contributed by atoms with Gasteiger partial charge in [0.05, 0.1) is 6.61 Å². The number of carbonyl (C=O) groups is 1. The summed E-state index contributed by atoms with van der Waals surface area (Å²) < 4.78 is 33.1. The highest BCUT2D eigenvalue weighted by molar-refractivity contribution is 7.80. The molecule has 0 unspecified atom stereocenters. The van der Waals surface area contributed by atoms with Crippen LogP contribution >= 0.6 is 0 Å². The number of unbranched alkanes of at least 4 members (excludes halogenated alkanes) is 8. The van der Waals surface area contributed by atoms with Crippen LogP contribution in [0.2, 0.25) is 0 Å². The lowest BCUT2D eigenvalue weighted by Crippen LogP contribution is -2.04. The van der Waals surface area contributed by atoms with E-state index in [1.54, 1.807) is 12.2 Å². The van der Waals surface area contributed by atoms with Crippen LogP contribution in [-0.2, 0) is 19.4 Å². The molecule has 0 bridgehead atoms. The van der Waals surface area contributed by atoms with Crippen LogP contribution in [0.4, 0.5) is 0 Å². The van der Waals surface area contributed by atoms with Crippen molar-refractivity contribution < 1.29 is 21.9 Å². The van der Waals surface area contributed by atoms with E-state index in [4.69, 9.17) is 4.55 Å². The van der Waals surface area contributed by atoms with Crippen LogP contribution in [0.1, 0.15) is 71.1 Å². The maximum atomic E-state index is 11.2. The summed E-state index contributed by atoms with van der Waals surface area (Å²) in [6, 6.07) is 0. The van der Waals surface area contributed by atoms with Crippen molar-refractivity contribution in [2.75, 3.05) is 6.61 Å². The normalized spacial score (nSPS) is 12.1. The Morgan fingerprint density at radius 3 is 1.90 bits per heavy atom. The highest BCUT2D eigenvalue weighted by Crippen LogP contribution is 2.11. The van der Waals surface area contributed by atoms with Gasteiger partial charge in [-0.1, -0.05) is 51.0 Å². The molecule has 0 saturated carbocycles. The molecule has 0 heterocycles. The molecule has 1 N–H and O–H groups in total. The van der Waals surface area contributed by atoms with Crippen LogP contribution in [0.5, 0.6) is 0 Å². The molecule has 0 saturated heterocycles. The minimum Gasteiger partial charge on any atom is -0.295 e. The van der Waals surface area contributed by atoms with E-state index >= 15 is 0 Å². The predicted molar refractivity (Wildman–Crippen MR) is 83.5 cm³/mol. The van der Waals surface area contributed by atoms with Crippen molar-refractivity contribution in [3.63, 3.8) is 0 Å². The first kappa shape index (κ1) is 20.3. The monoisotopic (exact) mass is 320 g/mol. The molecule has 0 aliphatic carbocycles. The van der Waals surface area contributed by atoms with Crippen LogP contribution in [-0.4, -0.2) is 25.4 Å². The van der Waals surface area contributed by atoms with Crippen molar-refractivity contribution in [3.05, 3.63) is 12.2 Å². The Balaban J connectivity index is 3.18. The van der Waals surface area contributed by atoms with Crippen molar-refractivity contribution in [1.29, 1.82) is 0 Å². The Morgan fingerprint density at radius 1 is 0.952 bits per heavy atom. The quantitative estimate of drug-likeness (QED) is 0.299. The molecule has 21 heavy (non-hydrogen) atoms. The molecule has 6 heteroatoms. The summed E-state index contributed by atoms with van der Waals surface area (Å²) in [4.78, 5) is 11.2. The lowest BCUT2D eigenvalue weighted by Gasteiger charge is -2.02. The van der Waals surface area contributed by atoms with Gasteiger partial charge in [0.2, 0.25) is 0 Å². The molecule has 0 atom stereocenters. The van der Waals surface area contributed by atoms with Crippen molar-refractivity contribution in [1.82, 2.24) is 0 Å². The first-order chi connectivity index (χ1) is 9.95. The first-order valence-electron chi connectivity index (χ1n) is 7.73. The highest BCUT2D eigenvalue weighted by Gasteiger charge is 2.02. The second-order valence-electron chi connectivity index (χ2n) is 5.15. The molecular formula is C15H28O5S. The molecule has 0 aromatic heterocycles. The van der Waals surface area contributed by atoms with Crippen LogP contribution in [0.25, 0.3) is 0 Å². The molecule has 0 aromatic carbocycles. The van der Waals surface area contributed by atoms with E-state index in [0.29, 0.717) is 12.8 Å². The van der Waals surface area contributed by atoms with Gasteiger partial charge >= 0.3 is 10.4 Å². The molecule has 0 amide bonds. The number of rotatable bonds is 14. The molecular weight excluding hydrogens is 292 g/mol. The van der Waals surface area contributed by atoms with E-state index < -0.39 is 10.4 Å². The average Bonchev–Trinajstić information content (AvgIpc) is 2.39. The second kappa shape index (κ2) is 13.0. The lowest BCUT2D eigenvalue weighted by atomic mass is 10.1. The van der Waals surface area contributed by atoms with Crippen LogP contribution in [0.3, 0.4) is 0 Å². The maximum Gasteiger partial charge on any atom is 0.397 e. The number of allylic oxidation sites excluding steroid dienone is 2. The number of ketones is 1. The smallest absolute Gasteiger partial charge is 0.295 e. The van der Waals surface area contributed by atoms with Gasteiger partial charge in [0.1, 0.15) is 0 Å². The van der Waals surface area contributed by atoms with Gasteiger partial charge in [-0.05, 0) is 25.8 Å². The zero-order valence-electron chi connectivity index (χ0n) is 12.9. The molecule has 0 aliphatic rings. The fraction of sp³-hybridized carbons (Fsp3) is 0.800. The molecule has 124 valence electrons. The van der Waals surface area contributed by atoms with Crippen LogP contribution < -0.4 is 0 Å². The SMILES string of the molecule is C/C=C/C(=O)CCCCCCCCCCCOS(=O)(=O)O. The molecule has 0 aliphatic heterocycles. The standard InChI is InChI=1S/C15H28O5S/c1-2-12-15(16)13-10-8-6-4-3-5-7-9-11-14-20-21(17,18)19/h2,12H,3-11,13-14H2,1H3,(H,17,18,19)/b12-2+. The van der Waals surface area contributed by atoms with Crippen molar-refractivity contribution in [2.45, 2.75) is 71.1 Å². The molecule has 0 fully saturated rings.